The van der Waals surface area contributed by atoms with Crippen LogP contribution in [0.4, 0.5) is 0 Å². The van der Waals surface area contributed by atoms with Crippen LogP contribution in [0.1, 0.15) is 25.8 Å². The fourth-order valence-electron chi connectivity index (χ4n) is 2.63. The van der Waals surface area contributed by atoms with Crippen molar-refractivity contribution in [2.45, 2.75) is 20.3 Å². The Bertz CT molecular complexity index is 597. The molecule has 1 aliphatic rings. The molecule has 1 N–H and O–H groups in total. The summed E-state index contributed by atoms with van der Waals surface area (Å²) in [5.74, 6) is 4.27. The molecule has 0 spiro atoms. The monoisotopic (exact) mass is 285 g/mol. The van der Waals surface area contributed by atoms with Gasteiger partial charge in [0.15, 0.2) is 0 Å². The van der Waals surface area contributed by atoms with Gasteiger partial charge in [0, 0.05) is 24.6 Å². The van der Waals surface area contributed by atoms with Crippen molar-refractivity contribution in [2.75, 3.05) is 13.1 Å². The Morgan fingerprint density at radius 1 is 1.29 bits per heavy atom. The third-order valence-electron chi connectivity index (χ3n) is 4.21. The molecule has 110 valence electrons. The summed E-state index contributed by atoms with van der Waals surface area (Å²) in [6, 6.07) is 9.27. The average molecular weight is 285 g/mol. The van der Waals surface area contributed by atoms with Gasteiger partial charge in [-0.3, -0.25) is 9.59 Å². The second kappa shape index (κ2) is 6.01. The number of nitrogens with zero attached hydrogens (tertiary/aromatic N) is 1. The van der Waals surface area contributed by atoms with Crippen molar-refractivity contribution in [3.8, 4) is 11.8 Å². The molecule has 0 bridgehead atoms. The highest BCUT2D eigenvalue weighted by Crippen LogP contribution is 2.38. The van der Waals surface area contributed by atoms with Crippen LogP contribution in [0.2, 0.25) is 0 Å². The van der Waals surface area contributed by atoms with Crippen molar-refractivity contribution in [3.05, 3.63) is 35.9 Å². The van der Waals surface area contributed by atoms with E-state index < -0.39 is 11.4 Å². The molecule has 0 aromatic heterocycles. The minimum atomic E-state index is -0.843. The second-order valence-corrected chi connectivity index (χ2v) is 5.71. The van der Waals surface area contributed by atoms with Gasteiger partial charge in [0.05, 0.1) is 5.41 Å². The fraction of sp³-hybridized carbons (Fsp3) is 0.412. The first-order chi connectivity index (χ1) is 9.95. The third-order valence-corrected chi connectivity index (χ3v) is 4.21. The molecule has 1 saturated heterocycles. The molecule has 2 rings (SSSR count). The SMILES string of the molecule is CC(C)C1(C(=O)O)CCN(C(=O)C#Cc2ccccc2)C1. The molecule has 1 aliphatic heterocycles. The molecule has 0 radical (unpaired) electrons. The molecule has 0 saturated carbocycles. The average Bonchev–Trinajstić information content (AvgIpc) is 2.92. The van der Waals surface area contributed by atoms with Crippen LogP contribution in [0.15, 0.2) is 30.3 Å². The number of rotatable bonds is 2. The Labute approximate surface area is 124 Å². The summed E-state index contributed by atoms with van der Waals surface area (Å²) in [6.07, 6.45) is 0.485. The molecule has 1 atom stereocenters. The quantitative estimate of drug-likeness (QED) is 0.846. The summed E-state index contributed by atoms with van der Waals surface area (Å²) in [5, 5.41) is 9.47. The molecule has 1 aromatic carbocycles. The molecule has 4 heteroatoms. The fourth-order valence-corrected chi connectivity index (χ4v) is 2.63. The third kappa shape index (κ3) is 3.08. The molecule has 4 nitrogen and oxygen atoms in total. The zero-order valence-electron chi connectivity index (χ0n) is 12.3. The molecule has 0 aliphatic carbocycles. The van der Waals surface area contributed by atoms with Crippen molar-refractivity contribution in [1.29, 1.82) is 0 Å². The zero-order valence-corrected chi connectivity index (χ0v) is 12.3. The normalized spacial score (nSPS) is 21.0. The van der Waals surface area contributed by atoms with Crippen LogP contribution in [0.25, 0.3) is 0 Å². The van der Waals surface area contributed by atoms with Crippen molar-refractivity contribution in [3.63, 3.8) is 0 Å². The maximum absolute atomic E-state index is 12.1. The topological polar surface area (TPSA) is 57.6 Å². The summed E-state index contributed by atoms with van der Waals surface area (Å²) in [4.78, 5) is 25.2. The number of hydrogen-bond donors (Lipinski definition) is 1. The van der Waals surface area contributed by atoms with Gasteiger partial charge in [-0.05, 0) is 24.5 Å². The maximum atomic E-state index is 12.1. The minimum Gasteiger partial charge on any atom is -0.481 e. The van der Waals surface area contributed by atoms with E-state index in [2.05, 4.69) is 11.8 Å². The summed E-state index contributed by atoms with van der Waals surface area (Å²) in [5.41, 5.74) is -0.0669. The van der Waals surface area contributed by atoms with Crippen molar-refractivity contribution in [1.82, 2.24) is 4.90 Å². The van der Waals surface area contributed by atoms with E-state index in [4.69, 9.17) is 0 Å². The highest BCUT2D eigenvalue weighted by Gasteiger charge is 2.48. The maximum Gasteiger partial charge on any atom is 0.311 e. The molecular weight excluding hydrogens is 266 g/mol. The van der Waals surface area contributed by atoms with E-state index in [1.54, 1.807) is 4.90 Å². The first-order valence-corrected chi connectivity index (χ1v) is 7.05. The van der Waals surface area contributed by atoms with Crippen LogP contribution >= 0.6 is 0 Å². The Morgan fingerprint density at radius 2 is 1.95 bits per heavy atom. The van der Waals surface area contributed by atoms with E-state index in [0.29, 0.717) is 13.0 Å². The summed E-state index contributed by atoms with van der Waals surface area (Å²) in [6.45, 7) is 4.46. The molecule has 1 amide bonds. The lowest BCUT2D eigenvalue weighted by atomic mass is 9.76. The lowest BCUT2D eigenvalue weighted by molar-refractivity contribution is -0.151. The predicted octanol–water partition coefficient (Wildman–Crippen LogP) is 2.00. The van der Waals surface area contributed by atoms with Gasteiger partial charge in [-0.2, -0.15) is 0 Å². The molecular formula is C17H19NO3. The van der Waals surface area contributed by atoms with Gasteiger partial charge in [-0.1, -0.05) is 38.0 Å². The first-order valence-electron chi connectivity index (χ1n) is 7.05. The highest BCUT2D eigenvalue weighted by atomic mass is 16.4. The van der Waals surface area contributed by atoms with Crippen LogP contribution < -0.4 is 0 Å². The Hall–Kier alpha value is -2.28. The van der Waals surface area contributed by atoms with E-state index in [0.717, 1.165) is 5.56 Å². The zero-order chi connectivity index (χ0) is 15.5. The van der Waals surface area contributed by atoms with Gasteiger partial charge >= 0.3 is 5.97 Å². The van der Waals surface area contributed by atoms with Gasteiger partial charge in [0.25, 0.3) is 5.91 Å². The molecule has 1 unspecified atom stereocenters. The van der Waals surface area contributed by atoms with E-state index in [9.17, 15) is 14.7 Å². The summed E-state index contributed by atoms with van der Waals surface area (Å²) in [7, 11) is 0. The molecule has 1 aromatic rings. The lowest BCUT2D eigenvalue weighted by Gasteiger charge is -2.28. The van der Waals surface area contributed by atoms with Crippen LogP contribution in [0, 0.1) is 23.2 Å². The number of likely N-dealkylation sites (tertiary alicyclic amines) is 1. The first kappa shape index (κ1) is 15.1. The Kier molecular flexibility index (Phi) is 4.32. The number of carboxylic acid groups (broad SMARTS) is 1. The number of amides is 1. The van der Waals surface area contributed by atoms with Crippen molar-refractivity contribution in [2.24, 2.45) is 11.3 Å². The number of carboxylic acids is 1. The van der Waals surface area contributed by atoms with Crippen molar-refractivity contribution >= 4 is 11.9 Å². The van der Waals surface area contributed by atoms with Crippen LogP contribution in [-0.4, -0.2) is 35.0 Å². The molecule has 21 heavy (non-hydrogen) atoms. The van der Waals surface area contributed by atoms with Gasteiger partial charge < -0.3 is 10.0 Å². The Morgan fingerprint density at radius 3 is 2.48 bits per heavy atom. The van der Waals surface area contributed by atoms with Gasteiger partial charge in [0.1, 0.15) is 0 Å². The number of aliphatic carboxylic acids is 1. The van der Waals surface area contributed by atoms with Gasteiger partial charge in [-0.15, -0.1) is 0 Å². The van der Waals surface area contributed by atoms with Gasteiger partial charge in [-0.25, -0.2) is 0 Å². The van der Waals surface area contributed by atoms with Crippen LogP contribution in [0.3, 0.4) is 0 Å². The molecule has 1 heterocycles. The van der Waals surface area contributed by atoms with Crippen LogP contribution in [-0.2, 0) is 9.59 Å². The second-order valence-electron chi connectivity index (χ2n) is 5.71. The van der Waals surface area contributed by atoms with Gasteiger partial charge in [0.2, 0.25) is 0 Å². The van der Waals surface area contributed by atoms with Crippen molar-refractivity contribution < 1.29 is 14.7 Å². The highest BCUT2D eigenvalue weighted by molar-refractivity contribution is 5.95. The largest absolute Gasteiger partial charge is 0.481 e. The summed E-state index contributed by atoms with van der Waals surface area (Å²) >= 11 is 0. The summed E-state index contributed by atoms with van der Waals surface area (Å²) < 4.78 is 0. The van der Waals surface area contributed by atoms with E-state index in [1.165, 1.54) is 0 Å². The molecule has 1 fully saturated rings. The van der Waals surface area contributed by atoms with E-state index in [1.807, 2.05) is 44.2 Å². The number of hydrogen-bond acceptors (Lipinski definition) is 2. The minimum absolute atomic E-state index is 0.0186. The van der Waals surface area contributed by atoms with Crippen LogP contribution in [0.5, 0.6) is 0 Å². The number of carbonyl (C=O) groups is 2. The van der Waals surface area contributed by atoms with E-state index in [-0.39, 0.29) is 18.4 Å². The van der Waals surface area contributed by atoms with E-state index >= 15 is 0 Å². The smallest absolute Gasteiger partial charge is 0.311 e. The number of carbonyl (C=O) groups excluding carboxylic acids is 1. The number of benzene rings is 1. The predicted molar refractivity (Wildman–Crippen MR) is 79.4 cm³/mol. The Balaban J connectivity index is 2.10. The lowest BCUT2D eigenvalue weighted by Crippen LogP contribution is -2.40. The standard InChI is InChI=1S/C17H19NO3/c1-13(2)17(16(20)21)10-11-18(12-17)15(19)9-8-14-6-4-3-5-7-14/h3-7,13H,10-12H2,1-2H3,(H,20,21).